The summed E-state index contributed by atoms with van der Waals surface area (Å²) in [5, 5.41) is 3.54. The lowest BCUT2D eigenvalue weighted by Crippen LogP contribution is -2.47. The van der Waals surface area contributed by atoms with Crippen LogP contribution in [0.4, 0.5) is 4.79 Å². The van der Waals surface area contributed by atoms with Crippen LogP contribution in [0.2, 0.25) is 23.3 Å². The van der Waals surface area contributed by atoms with Crippen molar-refractivity contribution in [3.63, 3.8) is 0 Å². The van der Waals surface area contributed by atoms with Gasteiger partial charge in [-0.3, -0.25) is 0 Å². The molecule has 7 heteroatoms. The third-order valence-electron chi connectivity index (χ3n) is 5.65. The molecule has 1 saturated heterocycles. The van der Waals surface area contributed by atoms with Crippen molar-refractivity contribution in [1.82, 2.24) is 10.3 Å². The number of hydrogen-bond acceptors (Lipinski definition) is 4. The minimum atomic E-state index is -1.95. The molecule has 0 radical (unpaired) electrons. The van der Waals surface area contributed by atoms with E-state index in [-0.39, 0.29) is 17.2 Å². The van der Waals surface area contributed by atoms with Crippen LogP contribution in [0.15, 0.2) is 12.3 Å². The van der Waals surface area contributed by atoms with Crippen molar-refractivity contribution in [2.24, 2.45) is 0 Å². The second-order valence-electron chi connectivity index (χ2n) is 8.25. The summed E-state index contributed by atoms with van der Waals surface area (Å²) in [4.78, 5) is 15.9. The molecular formula is C17H25ClN2O3Si. The highest BCUT2D eigenvalue weighted by atomic mass is 35.5. The van der Waals surface area contributed by atoms with Gasteiger partial charge in [0.05, 0.1) is 6.10 Å². The summed E-state index contributed by atoms with van der Waals surface area (Å²) in [7, 11) is -1.95. The Kier molecular flexibility index (Phi) is 4.21. The number of hydrogen-bond donors (Lipinski definition) is 1. The highest BCUT2D eigenvalue weighted by Gasteiger charge is 2.49. The molecule has 1 amide bonds. The number of halogens is 1. The number of nitrogens with one attached hydrogen (secondary N) is 1. The van der Waals surface area contributed by atoms with Crippen molar-refractivity contribution in [3.8, 4) is 0 Å². The fraction of sp³-hybridized carbons (Fsp3) is 0.647. The Morgan fingerprint density at radius 2 is 2.17 bits per heavy atom. The van der Waals surface area contributed by atoms with Gasteiger partial charge < -0.3 is 14.5 Å². The SMILES string of the molecule is CC(C)(C)[Si](C)(C)O[C@H]1CC[C@@]2(COC(=O)N2)c2ccnc(Cl)c21. The normalized spacial score (nSPS) is 26.9. The maximum absolute atomic E-state index is 11.6. The van der Waals surface area contributed by atoms with Crippen LogP contribution in [-0.4, -0.2) is 26.0 Å². The molecule has 0 aromatic carbocycles. The summed E-state index contributed by atoms with van der Waals surface area (Å²) in [5.74, 6) is 0. The molecule has 132 valence electrons. The predicted molar refractivity (Wildman–Crippen MR) is 95.7 cm³/mol. The van der Waals surface area contributed by atoms with Crippen LogP contribution in [-0.2, 0) is 14.7 Å². The van der Waals surface area contributed by atoms with Crippen LogP contribution in [0, 0.1) is 0 Å². The Balaban J connectivity index is 2.01. The van der Waals surface area contributed by atoms with Gasteiger partial charge in [0.15, 0.2) is 8.32 Å². The van der Waals surface area contributed by atoms with Gasteiger partial charge in [-0.25, -0.2) is 9.78 Å². The summed E-state index contributed by atoms with van der Waals surface area (Å²) < 4.78 is 11.8. The zero-order valence-corrected chi connectivity index (χ0v) is 16.7. The van der Waals surface area contributed by atoms with Crippen molar-refractivity contribution in [2.45, 2.75) is 63.4 Å². The molecule has 2 heterocycles. The van der Waals surface area contributed by atoms with E-state index in [1.54, 1.807) is 6.20 Å². The topological polar surface area (TPSA) is 60.5 Å². The quantitative estimate of drug-likeness (QED) is 0.615. The largest absolute Gasteiger partial charge is 0.447 e. The number of amides is 1. The molecule has 24 heavy (non-hydrogen) atoms. The first kappa shape index (κ1) is 17.7. The first-order valence-electron chi connectivity index (χ1n) is 8.33. The lowest BCUT2D eigenvalue weighted by atomic mass is 9.77. The fourth-order valence-corrected chi connectivity index (χ4v) is 4.79. The molecular weight excluding hydrogens is 344 g/mol. The maximum atomic E-state index is 11.6. The van der Waals surface area contributed by atoms with Gasteiger partial charge in [-0.1, -0.05) is 32.4 Å². The summed E-state index contributed by atoms with van der Waals surface area (Å²) in [6, 6.07) is 1.93. The number of alkyl carbamates (subject to hydrolysis) is 1. The van der Waals surface area contributed by atoms with Crippen LogP contribution in [0.3, 0.4) is 0 Å². The number of cyclic esters (lactones) is 1. The minimum absolute atomic E-state index is 0.0924. The number of carbonyl (C=O) groups is 1. The third-order valence-corrected chi connectivity index (χ3v) is 10.4. The van der Waals surface area contributed by atoms with Gasteiger partial charge in [0.25, 0.3) is 0 Å². The number of fused-ring (bicyclic) bond motifs is 2. The Labute approximate surface area is 149 Å². The van der Waals surface area contributed by atoms with E-state index in [4.69, 9.17) is 20.8 Å². The molecule has 0 saturated carbocycles. The average Bonchev–Trinajstić information content (AvgIpc) is 2.83. The number of ether oxygens (including phenoxy) is 1. The van der Waals surface area contributed by atoms with Crippen molar-refractivity contribution in [1.29, 1.82) is 0 Å². The van der Waals surface area contributed by atoms with Gasteiger partial charge in [-0.15, -0.1) is 0 Å². The molecule has 3 rings (SSSR count). The van der Waals surface area contributed by atoms with Gasteiger partial charge in [0, 0.05) is 11.8 Å². The van der Waals surface area contributed by atoms with E-state index in [1.807, 2.05) is 6.07 Å². The third kappa shape index (κ3) is 2.84. The predicted octanol–water partition coefficient (Wildman–Crippen LogP) is 4.53. The van der Waals surface area contributed by atoms with Crippen molar-refractivity contribution >= 4 is 26.0 Å². The number of pyridine rings is 1. The lowest BCUT2D eigenvalue weighted by Gasteiger charge is -2.43. The van der Waals surface area contributed by atoms with Crippen molar-refractivity contribution < 1.29 is 14.0 Å². The summed E-state index contributed by atoms with van der Waals surface area (Å²) >= 11 is 6.45. The minimum Gasteiger partial charge on any atom is -0.447 e. The van der Waals surface area contributed by atoms with E-state index >= 15 is 0 Å². The zero-order valence-electron chi connectivity index (χ0n) is 14.9. The Hall–Kier alpha value is -1.11. The van der Waals surface area contributed by atoms with Crippen LogP contribution >= 0.6 is 11.6 Å². The first-order valence-corrected chi connectivity index (χ1v) is 11.6. The van der Waals surface area contributed by atoms with Gasteiger partial charge in [0.2, 0.25) is 0 Å². The molecule has 5 nitrogen and oxygen atoms in total. The van der Waals surface area contributed by atoms with Crippen molar-refractivity contribution in [3.05, 3.63) is 28.5 Å². The number of aromatic nitrogens is 1. The van der Waals surface area contributed by atoms with Gasteiger partial charge in [-0.05, 0) is 42.6 Å². The Morgan fingerprint density at radius 1 is 1.46 bits per heavy atom. The van der Waals surface area contributed by atoms with Crippen LogP contribution < -0.4 is 5.32 Å². The molecule has 0 bridgehead atoms. The molecule has 1 fully saturated rings. The molecule has 1 N–H and O–H groups in total. The average molecular weight is 369 g/mol. The van der Waals surface area contributed by atoms with Crippen LogP contribution in [0.1, 0.15) is 50.8 Å². The molecule has 1 aromatic rings. The molecule has 1 aromatic heterocycles. The molecule has 2 atom stereocenters. The van der Waals surface area contributed by atoms with Gasteiger partial charge >= 0.3 is 6.09 Å². The van der Waals surface area contributed by atoms with E-state index in [0.29, 0.717) is 11.8 Å². The highest BCUT2D eigenvalue weighted by Crippen LogP contribution is 2.49. The second kappa shape index (κ2) is 5.71. The monoisotopic (exact) mass is 368 g/mol. The number of rotatable bonds is 2. The number of carbonyl (C=O) groups excluding carboxylic acids is 1. The zero-order chi connectivity index (χ0) is 17.8. The standard InChI is InChI=1S/C17H25ClN2O3Si/c1-16(2,3)24(4,5)23-12-6-8-17(10-22-15(21)20-17)11-7-9-19-14(18)13(11)12/h7,9,12H,6,8,10H2,1-5H3,(H,20,21)/t12-,17+/m0/s1. The maximum Gasteiger partial charge on any atom is 0.408 e. The van der Waals surface area contributed by atoms with E-state index in [9.17, 15) is 4.79 Å². The molecule has 1 aliphatic heterocycles. The van der Waals surface area contributed by atoms with E-state index < -0.39 is 13.9 Å². The molecule has 1 aliphatic carbocycles. The van der Waals surface area contributed by atoms with E-state index in [0.717, 1.165) is 24.0 Å². The molecule has 1 spiro atoms. The smallest absolute Gasteiger partial charge is 0.408 e. The second-order valence-corrected chi connectivity index (χ2v) is 13.4. The van der Waals surface area contributed by atoms with E-state index in [2.05, 4.69) is 44.2 Å². The van der Waals surface area contributed by atoms with E-state index in [1.165, 1.54) is 0 Å². The van der Waals surface area contributed by atoms with Crippen LogP contribution in [0.5, 0.6) is 0 Å². The first-order chi connectivity index (χ1) is 11.1. The highest BCUT2D eigenvalue weighted by molar-refractivity contribution is 6.74. The van der Waals surface area contributed by atoms with Gasteiger partial charge in [0.1, 0.15) is 17.3 Å². The summed E-state index contributed by atoms with van der Waals surface area (Å²) in [5.41, 5.74) is 1.37. The molecule has 2 aliphatic rings. The Morgan fingerprint density at radius 3 is 2.75 bits per heavy atom. The van der Waals surface area contributed by atoms with Crippen LogP contribution in [0.25, 0.3) is 0 Å². The molecule has 0 unspecified atom stereocenters. The summed E-state index contributed by atoms with van der Waals surface area (Å²) in [6.07, 6.45) is 2.77. The summed E-state index contributed by atoms with van der Waals surface area (Å²) in [6.45, 7) is 11.5. The lowest BCUT2D eigenvalue weighted by molar-refractivity contribution is 0.126. The van der Waals surface area contributed by atoms with Crippen molar-refractivity contribution in [2.75, 3.05) is 6.61 Å². The van der Waals surface area contributed by atoms with Gasteiger partial charge in [-0.2, -0.15) is 0 Å². The Bertz CT molecular complexity index is 674. The number of nitrogens with zero attached hydrogens (tertiary/aromatic N) is 1. The fourth-order valence-electron chi connectivity index (χ4n) is 3.21.